The topological polar surface area (TPSA) is 84.9 Å². The summed E-state index contributed by atoms with van der Waals surface area (Å²) < 4.78 is 4.11. The third-order valence-electron chi connectivity index (χ3n) is 4.78. The molecule has 2 N–H and O–H groups in total. The van der Waals surface area contributed by atoms with Gasteiger partial charge >= 0.3 is 0 Å². The molecule has 0 aliphatic carbocycles. The molecule has 2 aromatic heterocycles. The minimum absolute atomic E-state index is 0. The van der Waals surface area contributed by atoms with E-state index in [9.17, 15) is 0 Å². The Morgan fingerprint density at radius 1 is 1.25 bits per heavy atom. The van der Waals surface area contributed by atoms with E-state index in [-0.39, 0.29) is 30.0 Å². The van der Waals surface area contributed by atoms with Gasteiger partial charge in [0.15, 0.2) is 5.96 Å². The number of halogens is 1. The van der Waals surface area contributed by atoms with Gasteiger partial charge in [-0.25, -0.2) is 14.6 Å². The molecule has 1 unspecified atom stereocenters. The van der Waals surface area contributed by atoms with Crippen molar-refractivity contribution in [3.8, 4) is 0 Å². The first kappa shape index (κ1) is 20.3. The van der Waals surface area contributed by atoms with E-state index in [0.29, 0.717) is 6.54 Å². The van der Waals surface area contributed by atoms with Crippen molar-refractivity contribution in [3.63, 3.8) is 0 Å². The van der Waals surface area contributed by atoms with Crippen molar-refractivity contribution < 1.29 is 0 Å². The van der Waals surface area contributed by atoms with Crippen LogP contribution in [0.3, 0.4) is 0 Å². The van der Waals surface area contributed by atoms with Crippen LogP contribution >= 0.6 is 24.0 Å². The Hall–Kier alpha value is -2.43. The molecule has 0 saturated carbocycles. The van der Waals surface area contributed by atoms with Crippen molar-refractivity contribution in [3.05, 3.63) is 66.3 Å². The zero-order chi connectivity index (χ0) is 18.5. The Bertz CT molecular complexity index is 902. The molecule has 0 spiro atoms. The van der Waals surface area contributed by atoms with E-state index in [4.69, 9.17) is 0 Å². The van der Waals surface area contributed by atoms with Crippen LogP contribution in [0, 0.1) is 0 Å². The second-order valence-electron chi connectivity index (χ2n) is 6.62. The van der Waals surface area contributed by atoms with Gasteiger partial charge in [-0.1, -0.05) is 30.3 Å². The molecule has 0 bridgehead atoms. The number of benzene rings is 1. The maximum Gasteiger partial charge on any atom is 0.191 e. The van der Waals surface area contributed by atoms with Gasteiger partial charge in [-0.15, -0.1) is 24.0 Å². The fourth-order valence-electron chi connectivity index (χ4n) is 3.34. The first-order valence-electron chi connectivity index (χ1n) is 9.19. The number of fused-ring (bicyclic) bond motifs is 1. The van der Waals surface area contributed by atoms with Crippen molar-refractivity contribution in [2.75, 3.05) is 7.05 Å². The summed E-state index contributed by atoms with van der Waals surface area (Å²) in [5.41, 5.74) is 1.25. The lowest BCUT2D eigenvalue weighted by Gasteiger charge is -2.25. The summed E-state index contributed by atoms with van der Waals surface area (Å²) in [5, 5.41) is 11.1. The molecule has 4 rings (SSSR count). The van der Waals surface area contributed by atoms with E-state index >= 15 is 0 Å². The van der Waals surface area contributed by atoms with Gasteiger partial charge in [-0.05, 0) is 12.0 Å². The molecule has 3 heterocycles. The average Bonchev–Trinajstić information content (AvgIpc) is 3.34. The number of imidazole rings is 1. The quantitative estimate of drug-likeness (QED) is 0.323. The smallest absolute Gasteiger partial charge is 0.191 e. The van der Waals surface area contributed by atoms with Gasteiger partial charge in [0.25, 0.3) is 0 Å². The predicted molar refractivity (Wildman–Crippen MR) is 119 cm³/mol. The number of nitrogens with zero attached hydrogens (tertiary/aromatic N) is 6. The summed E-state index contributed by atoms with van der Waals surface area (Å²) in [6, 6.07) is 10.7. The lowest BCUT2D eigenvalue weighted by atomic mass is 10.1. The predicted octanol–water partition coefficient (Wildman–Crippen LogP) is 1.82. The Morgan fingerprint density at radius 2 is 2.11 bits per heavy atom. The standard InChI is InChI=1S/C19H24N8.HI/c1-20-19(25-16-7-8-17-23-14-24-27(17)13-16)22-11-18-21-9-10-26(18)12-15-5-3-2-4-6-15;/h2-6,9-10,14,16H,7-8,11-13H2,1H3,(H2,20,22,25);1H. The molecule has 0 radical (unpaired) electrons. The van der Waals surface area contributed by atoms with E-state index in [1.165, 1.54) is 5.56 Å². The van der Waals surface area contributed by atoms with Crippen LogP contribution in [0.2, 0.25) is 0 Å². The van der Waals surface area contributed by atoms with Crippen molar-refractivity contribution in [2.45, 2.75) is 38.5 Å². The van der Waals surface area contributed by atoms with Crippen molar-refractivity contribution in [2.24, 2.45) is 4.99 Å². The van der Waals surface area contributed by atoms with Gasteiger partial charge in [-0.3, -0.25) is 4.99 Å². The first-order valence-corrected chi connectivity index (χ1v) is 9.19. The zero-order valence-electron chi connectivity index (χ0n) is 15.8. The molecule has 0 fully saturated rings. The highest BCUT2D eigenvalue weighted by Gasteiger charge is 2.20. The summed E-state index contributed by atoms with van der Waals surface area (Å²) >= 11 is 0. The highest BCUT2D eigenvalue weighted by molar-refractivity contribution is 14.0. The maximum absolute atomic E-state index is 4.48. The summed E-state index contributed by atoms with van der Waals surface area (Å²) in [5.74, 6) is 2.81. The van der Waals surface area contributed by atoms with E-state index in [0.717, 1.165) is 43.5 Å². The Kier molecular flexibility index (Phi) is 7.01. The van der Waals surface area contributed by atoms with Gasteiger partial charge in [0.1, 0.15) is 18.0 Å². The molecular formula is C19H25IN8. The van der Waals surface area contributed by atoms with Crippen molar-refractivity contribution in [1.29, 1.82) is 0 Å². The number of aryl methyl sites for hydroxylation is 1. The van der Waals surface area contributed by atoms with Crippen LogP contribution in [-0.2, 0) is 26.1 Å². The van der Waals surface area contributed by atoms with Crippen molar-refractivity contribution in [1.82, 2.24) is 34.9 Å². The van der Waals surface area contributed by atoms with Crippen molar-refractivity contribution >= 4 is 29.9 Å². The van der Waals surface area contributed by atoms with Crippen LogP contribution < -0.4 is 10.6 Å². The normalized spacial score (nSPS) is 16.2. The molecule has 8 nitrogen and oxygen atoms in total. The zero-order valence-corrected chi connectivity index (χ0v) is 18.2. The molecular weight excluding hydrogens is 467 g/mol. The molecule has 148 valence electrons. The summed E-state index contributed by atoms with van der Waals surface area (Å²) in [4.78, 5) is 13.1. The molecule has 0 amide bonds. The molecule has 1 aliphatic rings. The number of hydrogen-bond donors (Lipinski definition) is 2. The van der Waals surface area contributed by atoms with Gasteiger partial charge in [0.2, 0.25) is 0 Å². The van der Waals surface area contributed by atoms with Crippen LogP contribution in [0.25, 0.3) is 0 Å². The summed E-state index contributed by atoms with van der Waals surface area (Å²) in [7, 11) is 1.79. The van der Waals surface area contributed by atoms with E-state index < -0.39 is 0 Å². The number of nitrogens with one attached hydrogen (secondary N) is 2. The monoisotopic (exact) mass is 492 g/mol. The second-order valence-corrected chi connectivity index (χ2v) is 6.62. The molecule has 1 aromatic carbocycles. The average molecular weight is 492 g/mol. The molecule has 9 heteroatoms. The second kappa shape index (κ2) is 9.67. The molecule has 1 aliphatic heterocycles. The highest BCUT2D eigenvalue weighted by Crippen LogP contribution is 2.11. The summed E-state index contributed by atoms with van der Waals surface area (Å²) in [6.07, 6.45) is 7.41. The first-order chi connectivity index (χ1) is 13.3. The van der Waals surface area contributed by atoms with E-state index in [1.54, 1.807) is 13.4 Å². The fraction of sp³-hybridized carbons (Fsp3) is 0.368. The number of rotatable bonds is 5. The van der Waals surface area contributed by atoms with Crippen LogP contribution in [-0.4, -0.2) is 43.4 Å². The highest BCUT2D eigenvalue weighted by atomic mass is 127. The minimum atomic E-state index is 0. The van der Waals surface area contributed by atoms with E-state index in [2.05, 4.69) is 59.5 Å². The molecule has 1 atom stereocenters. The largest absolute Gasteiger partial charge is 0.352 e. The third kappa shape index (κ3) is 4.89. The SMILES string of the molecule is CN=C(NCc1nccn1Cc1ccccc1)NC1CCc2ncnn2C1.I. The maximum atomic E-state index is 4.48. The fourth-order valence-corrected chi connectivity index (χ4v) is 3.34. The lowest BCUT2D eigenvalue weighted by molar-refractivity contribution is 0.392. The van der Waals surface area contributed by atoms with Gasteiger partial charge in [-0.2, -0.15) is 5.10 Å². The van der Waals surface area contributed by atoms with Crippen LogP contribution in [0.1, 0.15) is 23.6 Å². The number of guanidine groups is 1. The number of aromatic nitrogens is 5. The van der Waals surface area contributed by atoms with E-state index in [1.807, 2.05) is 23.1 Å². The Balaban J connectivity index is 0.00000225. The minimum Gasteiger partial charge on any atom is -0.352 e. The number of hydrogen-bond acceptors (Lipinski definition) is 4. The van der Waals surface area contributed by atoms with Gasteiger partial charge in [0.05, 0.1) is 13.1 Å². The summed E-state index contributed by atoms with van der Waals surface area (Å²) in [6.45, 7) is 2.22. The Labute approximate surface area is 181 Å². The molecule has 0 saturated heterocycles. The molecule has 3 aromatic rings. The lowest BCUT2D eigenvalue weighted by Crippen LogP contribution is -2.47. The Morgan fingerprint density at radius 3 is 2.93 bits per heavy atom. The number of aliphatic imine (C=N–C) groups is 1. The van der Waals surface area contributed by atoms with Gasteiger partial charge in [0, 0.05) is 38.4 Å². The van der Waals surface area contributed by atoms with Crippen LogP contribution in [0.4, 0.5) is 0 Å². The van der Waals surface area contributed by atoms with Crippen LogP contribution in [0.15, 0.2) is 54.0 Å². The third-order valence-corrected chi connectivity index (χ3v) is 4.78. The van der Waals surface area contributed by atoms with Gasteiger partial charge < -0.3 is 15.2 Å². The molecule has 28 heavy (non-hydrogen) atoms. The van der Waals surface area contributed by atoms with Crippen LogP contribution in [0.5, 0.6) is 0 Å².